The average molecular weight is 556 g/mol. The summed E-state index contributed by atoms with van der Waals surface area (Å²) in [5.41, 5.74) is 0.329. The Kier molecular flexibility index (Phi) is 7.79. The van der Waals surface area contributed by atoms with Gasteiger partial charge >= 0.3 is 6.18 Å². The van der Waals surface area contributed by atoms with Crippen molar-refractivity contribution >= 4 is 17.2 Å². The molecule has 13 heteroatoms. The molecule has 0 spiro atoms. The van der Waals surface area contributed by atoms with Crippen LogP contribution in [0.5, 0.6) is 10.9 Å². The lowest BCUT2D eigenvalue weighted by Crippen LogP contribution is -2.63. The normalized spacial score (nSPS) is 25.5. The first-order valence-electron chi connectivity index (χ1n) is 12.9. The molecule has 6 rings (SSSR count). The quantitative estimate of drug-likeness (QED) is 0.504. The van der Waals surface area contributed by atoms with Crippen LogP contribution in [0, 0.1) is 6.92 Å². The molecule has 1 saturated carbocycles. The number of aromatic nitrogens is 3. The highest BCUT2D eigenvalue weighted by Crippen LogP contribution is 2.45. The molecule has 1 N–H and O–H groups in total. The number of carbonyl (C=O) groups excluding carboxylic acids is 1. The molecule has 208 valence electrons. The first kappa shape index (κ1) is 27.1. The maximum atomic E-state index is 12.5. The van der Waals surface area contributed by atoms with Crippen LogP contribution in [0.3, 0.4) is 0 Å². The Bertz CT molecular complexity index is 1080. The monoisotopic (exact) mass is 555 g/mol. The number of rotatable bonds is 9. The third kappa shape index (κ3) is 6.73. The van der Waals surface area contributed by atoms with E-state index in [2.05, 4.69) is 25.2 Å². The van der Waals surface area contributed by atoms with Crippen LogP contribution in [0.4, 0.5) is 13.2 Å². The second-order valence-corrected chi connectivity index (χ2v) is 11.4. The molecule has 2 aromatic heterocycles. The van der Waals surface area contributed by atoms with Gasteiger partial charge in [0.25, 0.3) is 11.1 Å². The number of thiazole rings is 1. The van der Waals surface area contributed by atoms with E-state index in [1.54, 1.807) is 19.3 Å². The Morgan fingerprint density at radius 3 is 2.58 bits per heavy atom. The summed E-state index contributed by atoms with van der Waals surface area (Å²) in [5, 5.41) is 3.24. The summed E-state index contributed by atoms with van der Waals surface area (Å²) in [6, 6.07) is 0. The molecule has 3 aliphatic heterocycles. The highest BCUT2D eigenvalue weighted by atomic mass is 32.1. The topological polar surface area (TPSA) is 98.7 Å². The van der Waals surface area contributed by atoms with Gasteiger partial charge in [-0.3, -0.25) is 4.79 Å². The minimum atomic E-state index is -4.36. The van der Waals surface area contributed by atoms with Gasteiger partial charge in [0.05, 0.1) is 35.8 Å². The largest absolute Gasteiger partial charge is 0.481 e. The van der Waals surface area contributed by atoms with Crippen LogP contribution in [-0.2, 0) is 22.4 Å². The van der Waals surface area contributed by atoms with Crippen molar-refractivity contribution in [2.45, 2.75) is 69.2 Å². The van der Waals surface area contributed by atoms with E-state index >= 15 is 0 Å². The van der Waals surface area contributed by atoms with E-state index in [4.69, 9.17) is 14.2 Å². The van der Waals surface area contributed by atoms with Crippen molar-refractivity contribution in [2.75, 3.05) is 39.5 Å². The summed E-state index contributed by atoms with van der Waals surface area (Å²) in [4.78, 5) is 28.4. The Balaban J connectivity index is 1.05. The zero-order valence-electron chi connectivity index (χ0n) is 21.3. The Morgan fingerprint density at radius 1 is 1.16 bits per heavy atom. The van der Waals surface area contributed by atoms with Gasteiger partial charge in [-0.15, -0.1) is 0 Å². The summed E-state index contributed by atoms with van der Waals surface area (Å²) < 4.78 is 54.0. The number of fused-ring (bicyclic) bond motifs is 4. The second kappa shape index (κ2) is 10.9. The number of hydrogen-bond donors (Lipinski definition) is 1. The fourth-order valence-electron chi connectivity index (χ4n) is 5.36. The predicted octanol–water partition coefficient (Wildman–Crippen LogP) is 3.25. The van der Waals surface area contributed by atoms with Crippen molar-refractivity contribution in [3.05, 3.63) is 28.8 Å². The van der Waals surface area contributed by atoms with Gasteiger partial charge in [0.1, 0.15) is 5.82 Å². The number of hydrogen-bond acceptors (Lipinski definition) is 9. The van der Waals surface area contributed by atoms with Crippen LogP contribution in [0.15, 0.2) is 12.4 Å². The Morgan fingerprint density at radius 2 is 1.89 bits per heavy atom. The number of halogens is 3. The standard InChI is InChI=1S/C25H32F3N5O4S/c1-17-29-12-18(13-30-17)35-14-21(34)32-23-4-6-24(7-5-23,37-15-23)8-11-33-9-2-19-20(3-10-33)38-22(31-19)36-16-25(26,27)28/h12-13H,2-11,14-16H2,1H3,(H,32,34). The molecule has 0 radical (unpaired) electrons. The minimum absolute atomic E-state index is 0.0927. The van der Waals surface area contributed by atoms with Crippen LogP contribution in [0.1, 0.15) is 48.5 Å². The lowest BCUT2D eigenvalue weighted by molar-refractivity contribution is -0.171. The van der Waals surface area contributed by atoms with E-state index in [1.165, 1.54) is 11.3 Å². The molecular weight excluding hydrogens is 523 g/mol. The van der Waals surface area contributed by atoms with E-state index < -0.39 is 12.8 Å². The van der Waals surface area contributed by atoms with E-state index in [9.17, 15) is 18.0 Å². The molecule has 1 amide bonds. The zero-order valence-corrected chi connectivity index (χ0v) is 22.1. The first-order valence-corrected chi connectivity index (χ1v) is 13.7. The molecule has 38 heavy (non-hydrogen) atoms. The van der Waals surface area contributed by atoms with Crippen LogP contribution >= 0.6 is 11.3 Å². The van der Waals surface area contributed by atoms with Gasteiger partial charge < -0.3 is 24.4 Å². The van der Waals surface area contributed by atoms with Crippen LogP contribution in [0.2, 0.25) is 0 Å². The van der Waals surface area contributed by atoms with E-state index in [1.807, 2.05) is 0 Å². The number of nitrogens with zero attached hydrogens (tertiary/aromatic N) is 4. The van der Waals surface area contributed by atoms with E-state index in [0.29, 0.717) is 24.6 Å². The summed E-state index contributed by atoms with van der Waals surface area (Å²) in [6.07, 6.45) is 4.62. The lowest BCUT2D eigenvalue weighted by atomic mass is 9.70. The predicted molar refractivity (Wildman–Crippen MR) is 132 cm³/mol. The lowest BCUT2D eigenvalue weighted by Gasteiger charge is -2.53. The molecule has 1 aliphatic carbocycles. The molecule has 3 fully saturated rings. The number of alkyl halides is 3. The number of aryl methyl sites for hydroxylation is 1. The van der Waals surface area contributed by atoms with E-state index in [0.717, 1.165) is 68.7 Å². The molecule has 2 aromatic rings. The number of nitrogens with one attached hydrogen (secondary N) is 1. The van der Waals surface area contributed by atoms with Gasteiger partial charge in [0.2, 0.25) is 0 Å². The minimum Gasteiger partial charge on any atom is -0.481 e. The smallest absolute Gasteiger partial charge is 0.422 e. The average Bonchev–Trinajstić information content (AvgIpc) is 3.19. The van der Waals surface area contributed by atoms with Crippen LogP contribution < -0.4 is 14.8 Å². The van der Waals surface area contributed by atoms with Gasteiger partial charge in [-0.25, -0.2) is 15.0 Å². The molecule has 0 atom stereocenters. The molecule has 2 saturated heterocycles. The number of ether oxygens (including phenoxy) is 3. The summed E-state index contributed by atoms with van der Waals surface area (Å²) in [6.45, 7) is 3.39. The van der Waals surface area contributed by atoms with Crippen molar-refractivity contribution in [3.8, 4) is 10.9 Å². The third-order valence-electron chi connectivity index (χ3n) is 7.63. The zero-order chi connectivity index (χ0) is 26.8. The molecular formula is C25H32F3N5O4S. The number of amides is 1. The fourth-order valence-corrected chi connectivity index (χ4v) is 6.30. The maximum Gasteiger partial charge on any atom is 0.422 e. The Labute approximate surface area is 223 Å². The van der Waals surface area contributed by atoms with Gasteiger partial charge in [-0.1, -0.05) is 11.3 Å². The van der Waals surface area contributed by atoms with Crippen molar-refractivity contribution in [1.29, 1.82) is 0 Å². The summed E-state index contributed by atoms with van der Waals surface area (Å²) in [5.74, 6) is 0.920. The van der Waals surface area contributed by atoms with Gasteiger partial charge in [-0.05, 0) is 45.4 Å². The fraction of sp³-hybridized carbons (Fsp3) is 0.680. The second-order valence-electron chi connectivity index (χ2n) is 10.4. The summed E-state index contributed by atoms with van der Waals surface area (Å²) in [7, 11) is 0. The van der Waals surface area contributed by atoms with Crippen LogP contribution in [0.25, 0.3) is 0 Å². The molecule has 0 aromatic carbocycles. The highest BCUT2D eigenvalue weighted by molar-refractivity contribution is 7.13. The molecule has 9 nitrogen and oxygen atoms in total. The summed E-state index contributed by atoms with van der Waals surface area (Å²) >= 11 is 1.22. The SMILES string of the molecule is Cc1ncc(OCC(=O)NC23CCC(CCN4CCc5nc(OCC(F)(F)F)sc5CC4)(CC2)OC3)cn1. The Hall–Kier alpha value is -2.51. The van der Waals surface area contributed by atoms with Crippen molar-refractivity contribution in [1.82, 2.24) is 25.2 Å². The molecule has 5 heterocycles. The van der Waals surface area contributed by atoms with Gasteiger partial charge in [-0.2, -0.15) is 13.2 Å². The maximum absolute atomic E-state index is 12.5. The van der Waals surface area contributed by atoms with Gasteiger partial charge in [0, 0.05) is 30.9 Å². The van der Waals surface area contributed by atoms with Crippen LogP contribution in [-0.4, -0.2) is 82.5 Å². The van der Waals surface area contributed by atoms with Crippen molar-refractivity contribution < 1.29 is 32.2 Å². The van der Waals surface area contributed by atoms with Crippen molar-refractivity contribution in [3.63, 3.8) is 0 Å². The molecule has 2 bridgehead atoms. The highest BCUT2D eigenvalue weighted by Gasteiger charge is 2.50. The third-order valence-corrected chi connectivity index (χ3v) is 8.70. The molecule has 0 unspecified atom stereocenters. The first-order chi connectivity index (χ1) is 18.1. The number of carbonyl (C=O) groups is 1. The van der Waals surface area contributed by atoms with E-state index in [-0.39, 0.29) is 28.8 Å². The molecule has 4 aliphatic rings. The van der Waals surface area contributed by atoms with Crippen molar-refractivity contribution in [2.24, 2.45) is 0 Å². The van der Waals surface area contributed by atoms with Gasteiger partial charge in [0.15, 0.2) is 19.0 Å².